The topological polar surface area (TPSA) is 139 Å². The Labute approximate surface area is 178 Å². The van der Waals surface area contributed by atoms with Crippen LogP contribution in [0.3, 0.4) is 0 Å². The number of amides is 1. The molecule has 2 aliphatic heterocycles. The van der Waals surface area contributed by atoms with Crippen molar-refractivity contribution in [1.82, 2.24) is 5.32 Å². The van der Waals surface area contributed by atoms with E-state index in [0.717, 1.165) is 22.3 Å². The maximum Gasteiger partial charge on any atom is 0.251 e. The predicted molar refractivity (Wildman–Crippen MR) is 109 cm³/mol. The molecule has 6 N–H and O–H groups in total. The highest BCUT2D eigenvalue weighted by Gasteiger charge is 2.71. The molecule has 3 aliphatic rings. The summed E-state index contributed by atoms with van der Waals surface area (Å²) in [5.41, 5.74) is 4.80. The van der Waals surface area contributed by atoms with Crippen LogP contribution in [0.25, 0.3) is 11.1 Å². The van der Waals surface area contributed by atoms with Gasteiger partial charge in [-0.1, -0.05) is 30.3 Å². The summed E-state index contributed by atoms with van der Waals surface area (Å²) in [5, 5.41) is 54.3. The van der Waals surface area contributed by atoms with Gasteiger partial charge in [0.2, 0.25) is 0 Å². The fraction of sp³-hybridized carbons (Fsp3) is 0.435. The fourth-order valence-corrected chi connectivity index (χ4v) is 5.38. The Morgan fingerprint density at radius 1 is 1.19 bits per heavy atom. The molecule has 7 atom stereocenters. The minimum absolute atomic E-state index is 0.0891. The van der Waals surface area contributed by atoms with Gasteiger partial charge >= 0.3 is 0 Å². The quantitative estimate of drug-likeness (QED) is 0.403. The van der Waals surface area contributed by atoms with E-state index >= 15 is 0 Å². The number of hydrogen-bond donors (Lipinski definition) is 6. The van der Waals surface area contributed by atoms with Crippen LogP contribution in [0.15, 0.2) is 36.4 Å². The van der Waals surface area contributed by atoms with Crippen LogP contribution in [-0.4, -0.2) is 62.1 Å². The second-order valence-corrected chi connectivity index (χ2v) is 8.66. The largest absolute Gasteiger partial charge is 0.396 e. The van der Waals surface area contributed by atoms with Gasteiger partial charge in [-0.2, -0.15) is 0 Å². The van der Waals surface area contributed by atoms with Gasteiger partial charge in [0.25, 0.3) is 5.91 Å². The molecule has 8 heteroatoms. The lowest BCUT2D eigenvalue weighted by Gasteiger charge is -2.51. The molecule has 8 nitrogen and oxygen atoms in total. The molecule has 2 aromatic rings. The van der Waals surface area contributed by atoms with Crippen LogP contribution in [0.5, 0.6) is 0 Å². The molecule has 4 unspecified atom stereocenters. The number of carbonyl (C=O) groups excluding carboxylic acids is 1. The van der Waals surface area contributed by atoms with Crippen LogP contribution < -0.4 is 5.32 Å². The van der Waals surface area contributed by atoms with Crippen LogP contribution in [0.1, 0.15) is 33.2 Å². The summed E-state index contributed by atoms with van der Waals surface area (Å²) in [6.45, 7) is 1.77. The van der Waals surface area contributed by atoms with Gasteiger partial charge in [-0.15, -0.1) is 0 Å². The van der Waals surface area contributed by atoms with E-state index in [2.05, 4.69) is 5.32 Å². The Kier molecular flexibility index (Phi) is 4.71. The summed E-state index contributed by atoms with van der Waals surface area (Å²) in [7, 11) is 0. The van der Waals surface area contributed by atoms with E-state index < -0.39 is 48.6 Å². The monoisotopic (exact) mass is 427 g/mol. The molecular formula is C23H25NO7. The van der Waals surface area contributed by atoms with Crippen molar-refractivity contribution >= 4 is 5.91 Å². The number of hydrogen-bond acceptors (Lipinski definition) is 7. The van der Waals surface area contributed by atoms with Gasteiger partial charge in [0.15, 0.2) is 5.79 Å². The summed E-state index contributed by atoms with van der Waals surface area (Å²) in [6, 6.07) is 11.1. The number of aliphatic hydroxyl groups is 5. The Morgan fingerprint density at radius 2 is 1.94 bits per heavy atom. The third-order valence-corrected chi connectivity index (χ3v) is 7.07. The van der Waals surface area contributed by atoms with Crippen molar-refractivity contribution < 1.29 is 35.1 Å². The maximum atomic E-state index is 12.0. The fourth-order valence-electron chi connectivity index (χ4n) is 5.38. The zero-order chi connectivity index (χ0) is 22.1. The van der Waals surface area contributed by atoms with E-state index in [1.54, 1.807) is 12.1 Å². The van der Waals surface area contributed by atoms with Crippen molar-refractivity contribution in [2.75, 3.05) is 6.61 Å². The summed E-state index contributed by atoms with van der Waals surface area (Å²) in [6.07, 6.45) is -4.70. The highest BCUT2D eigenvalue weighted by molar-refractivity contribution is 6.00. The van der Waals surface area contributed by atoms with Gasteiger partial charge in [-0.05, 0) is 40.8 Å². The molecule has 0 radical (unpaired) electrons. The molecule has 1 aliphatic carbocycles. The second kappa shape index (κ2) is 7.09. The lowest BCUT2D eigenvalue weighted by Crippen LogP contribution is -2.64. The molecule has 1 saturated heterocycles. The minimum atomic E-state index is -1.86. The number of ether oxygens (including phenoxy) is 1. The first-order valence-corrected chi connectivity index (χ1v) is 10.3. The molecule has 0 bridgehead atoms. The van der Waals surface area contributed by atoms with Crippen molar-refractivity contribution in [1.29, 1.82) is 0 Å². The first-order chi connectivity index (χ1) is 14.8. The van der Waals surface area contributed by atoms with Crippen LogP contribution >= 0.6 is 0 Å². The smallest absolute Gasteiger partial charge is 0.251 e. The SMILES string of the molecule is Cc1cc(-c2cccc3c2CNC3=O)ccc1[C@@H](O)[C@H]1OC2(O)C(CO)[C@@H](O)C(O)C12. The van der Waals surface area contributed by atoms with E-state index in [0.29, 0.717) is 17.7 Å². The molecule has 0 spiro atoms. The molecule has 2 heterocycles. The van der Waals surface area contributed by atoms with Crippen molar-refractivity contribution in [3.63, 3.8) is 0 Å². The number of rotatable bonds is 4. The molecular weight excluding hydrogens is 402 g/mol. The number of fused-ring (bicyclic) bond motifs is 2. The average Bonchev–Trinajstić information content (AvgIpc) is 3.18. The maximum absolute atomic E-state index is 12.0. The second-order valence-electron chi connectivity index (χ2n) is 8.66. The molecule has 1 saturated carbocycles. The Bertz CT molecular complexity index is 1060. The highest BCUT2D eigenvalue weighted by Crippen LogP contribution is 2.55. The van der Waals surface area contributed by atoms with Crippen LogP contribution in [0, 0.1) is 18.8 Å². The summed E-state index contributed by atoms with van der Waals surface area (Å²) >= 11 is 0. The minimum Gasteiger partial charge on any atom is -0.396 e. The molecule has 31 heavy (non-hydrogen) atoms. The van der Waals surface area contributed by atoms with Crippen molar-refractivity contribution in [2.45, 2.75) is 43.7 Å². The molecule has 5 rings (SSSR count). The number of carbonyl (C=O) groups is 1. The summed E-state index contributed by atoms with van der Waals surface area (Å²) < 4.78 is 5.53. The van der Waals surface area contributed by atoms with Crippen molar-refractivity contribution in [3.8, 4) is 11.1 Å². The number of benzene rings is 2. The zero-order valence-corrected chi connectivity index (χ0v) is 16.9. The van der Waals surface area contributed by atoms with Gasteiger partial charge in [-0.3, -0.25) is 4.79 Å². The van der Waals surface area contributed by atoms with Gasteiger partial charge < -0.3 is 35.6 Å². The summed E-state index contributed by atoms with van der Waals surface area (Å²) in [5.74, 6) is -3.90. The Balaban J connectivity index is 1.43. The first kappa shape index (κ1) is 20.6. The van der Waals surface area contributed by atoms with Gasteiger partial charge in [0.1, 0.15) is 12.2 Å². The Hall–Kier alpha value is -2.33. The molecule has 1 amide bonds. The molecule has 164 valence electrons. The first-order valence-electron chi connectivity index (χ1n) is 10.3. The number of aryl methyl sites for hydroxylation is 1. The number of nitrogens with one attached hydrogen (secondary N) is 1. The third-order valence-electron chi connectivity index (χ3n) is 7.07. The third kappa shape index (κ3) is 2.80. The van der Waals surface area contributed by atoms with E-state index in [9.17, 15) is 30.3 Å². The zero-order valence-electron chi connectivity index (χ0n) is 16.9. The van der Waals surface area contributed by atoms with Crippen LogP contribution in [0.2, 0.25) is 0 Å². The highest BCUT2D eigenvalue weighted by atomic mass is 16.7. The molecule has 2 aromatic carbocycles. The van der Waals surface area contributed by atoms with Gasteiger partial charge in [0.05, 0.1) is 30.7 Å². The van der Waals surface area contributed by atoms with Crippen molar-refractivity contribution in [3.05, 3.63) is 58.7 Å². The van der Waals surface area contributed by atoms with Crippen LogP contribution in [0.4, 0.5) is 0 Å². The Morgan fingerprint density at radius 3 is 2.65 bits per heavy atom. The standard InChI is InChI=1S/C23H25NO7/c1-10-7-11(13-3-2-4-14-15(13)8-24-22(14)29)5-6-12(10)18(26)21-17-20(28)19(27)16(9-25)23(17,30)31-21/h2-7,16-21,25-28,30H,8-9H2,1H3,(H,24,29)/t16?,17?,18-,19-,20?,21+,23?/m1/s1. The van der Waals surface area contributed by atoms with E-state index in [1.165, 1.54) is 0 Å². The number of aliphatic hydroxyl groups excluding tert-OH is 4. The van der Waals surface area contributed by atoms with Crippen molar-refractivity contribution in [2.24, 2.45) is 11.8 Å². The van der Waals surface area contributed by atoms with Gasteiger partial charge in [-0.25, -0.2) is 0 Å². The van der Waals surface area contributed by atoms with E-state index in [4.69, 9.17) is 4.74 Å². The van der Waals surface area contributed by atoms with E-state index in [-0.39, 0.29) is 5.91 Å². The van der Waals surface area contributed by atoms with E-state index in [1.807, 2.05) is 31.2 Å². The molecule has 2 fully saturated rings. The lowest BCUT2D eigenvalue weighted by atomic mass is 9.79. The molecule has 0 aromatic heterocycles. The van der Waals surface area contributed by atoms with Crippen LogP contribution in [-0.2, 0) is 11.3 Å². The average molecular weight is 427 g/mol. The summed E-state index contributed by atoms with van der Waals surface area (Å²) in [4.78, 5) is 12.0. The normalized spacial score (nSPS) is 34.6. The predicted octanol–water partition coefficient (Wildman–Crippen LogP) is -0.0137. The van der Waals surface area contributed by atoms with Gasteiger partial charge in [0, 0.05) is 12.1 Å². The lowest BCUT2D eigenvalue weighted by molar-refractivity contribution is -0.396.